The minimum absolute atomic E-state index is 0.290. The normalized spacial score (nSPS) is 17.4. The molecule has 10 heteroatoms. The molecule has 0 saturated carbocycles. The molecule has 34 heavy (non-hydrogen) atoms. The Kier molecular flexibility index (Phi) is 4.28. The number of nitrogens with zero attached hydrogens (tertiary/aromatic N) is 7. The van der Waals surface area contributed by atoms with E-state index >= 15 is 0 Å². The predicted octanol–water partition coefficient (Wildman–Crippen LogP) is 2.60. The standard InChI is InChI=1S/C24H16N8OS/c1-2-15-8-10-31-19(15)22(33)32(17-6-4-3-5-7-17)23(29-31)24(34)9-11-30(24)21-18-16(12-25)13-26-20(18)27-14-28-21/h1,3-8,10,13-14,34H,9,11H2,(H,26,27,28). The van der Waals surface area contributed by atoms with Gasteiger partial charge in [-0.25, -0.2) is 14.5 Å². The molecule has 6 rings (SSSR count). The molecule has 164 valence electrons. The van der Waals surface area contributed by atoms with Crippen LogP contribution in [0.5, 0.6) is 0 Å². The predicted molar refractivity (Wildman–Crippen MR) is 130 cm³/mol. The smallest absolute Gasteiger partial charge is 0.283 e. The maximum absolute atomic E-state index is 13.8. The topological polar surface area (TPSA) is 108 Å². The Morgan fingerprint density at radius 2 is 2.00 bits per heavy atom. The zero-order chi connectivity index (χ0) is 23.4. The van der Waals surface area contributed by atoms with Gasteiger partial charge in [0.1, 0.15) is 34.2 Å². The van der Waals surface area contributed by atoms with E-state index in [0.29, 0.717) is 58.0 Å². The Morgan fingerprint density at radius 1 is 1.18 bits per heavy atom. The summed E-state index contributed by atoms with van der Waals surface area (Å²) in [6.45, 7) is 0.607. The van der Waals surface area contributed by atoms with E-state index in [1.807, 2.05) is 35.2 Å². The van der Waals surface area contributed by atoms with Gasteiger partial charge in [0.25, 0.3) is 5.56 Å². The van der Waals surface area contributed by atoms with Crippen LogP contribution in [0.1, 0.15) is 23.4 Å². The molecule has 1 N–H and O–H groups in total. The summed E-state index contributed by atoms with van der Waals surface area (Å²) < 4.78 is 3.06. The quantitative estimate of drug-likeness (QED) is 0.314. The molecular formula is C24H16N8OS. The molecule has 1 fully saturated rings. The summed E-state index contributed by atoms with van der Waals surface area (Å²) in [4.78, 5) is 26.5. The average molecular weight is 465 g/mol. The summed E-state index contributed by atoms with van der Waals surface area (Å²) >= 11 is 5.06. The third kappa shape index (κ3) is 2.63. The van der Waals surface area contributed by atoms with E-state index in [1.54, 1.807) is 23.0 Å². The first-order valence-electron chi connectivity index (χ1n) is 10.5. The third-order valence-corrected chi connectivity index (χ3v) is 6.84. The summed E-state index contributed by atoms with van der Waals surface area (Å²) in [6, 6.07) is 13.1. The van der Waals surface area contributed by atoms with Crippen molar-refractivity contribution in [1.82, 2.24) is 29.1 Å². The molecule has 0 spiro atoms. The van der Waals surface area contributed by atoms with E-state index < -0.39 is 4.87 Å². The highest BCUT2D eigenvalue weighted by Gasteiger charge is 2.49. The molecular weight excluding hydrogens is 448 g/mol. The minimum atomic E-state index is -0.977. The highest BCUT2D eigenvalue weighted by atomic mass is 32.1. The van der Waals surface area contributed by atoms with Gasteiger partial charge in [-0.1, -0.05) is 24.1 Å². The molecule has 4 aromatic heterocycles. The first-order valence-corrected chi connectivity index (χ1v) is 10.9. The van der Waals surface area contributed by atoms with Gasteiger partial charge in [0.05, 0.1) is 22.2 Å². The molecule has 9 nitrogen and oxygen atoms in total. The molecule has 5 aromatic rings. The molecule has 0 radical (unpaired) electrons. The number of rotatable bonds is 3. The maximum Gasteiger partial charge on any atom is 0.283 e. The molecule has 0 bridgehead atoms. The number of benzene rings is 1. The van der Waals surface area contributed by atoms with Crippen molar-refractivity contribution in [2.75, 3.05) is 11.4 Å². The largest absolute Gasteiger partial charge is 0.345 e. The maximum atomic E-state index is 13.8. The van der Waals surface area contributed by atoms with Crippen LogP contribution >= 0.6 is 12.6 Å². The van der Waals surface area contributed by atoms with Gasteiger partial charge in [0.15, 0.2) is 5.82 Å². The molecule has 0 amide bonds. The molecule has 1 unspecified atom stereocenters. The number of hydrogen-bond donors (Lipinski definition) is 2. The van der Waals surface area contributed by atoms with Crippen molar-refractivity contribution >= 4 is 35.0 Å². The van der Waals surface area contributed by atoms with Crippen molar-refractivity contribution in [3.05, 3.63) is 82.4 Å². The fraction of sp³-hybridized carbons (Fsp3) is 0.125. The second-order valence-electron chi connectivity index (χ2n) is 7.92. The van der Waals surface area contributed by atoms with Crippen molar-refractivity contribution in [1.29, 1.82) is 5.26 Å². The van der Waals surface area contributed by atoms with Crippen molar-refractivity contribution in [3.63, 3.8) is 0 Å². The van der Waals surface area contributed by atoms with Gasteiger partial charge in [-0.3, -0.25) is 9.36 Å². The summed E-state index contributed by atoms with van der Waals surface area (Å²) in [5, 5.41) is 15.0. The molecule has 1 aliphatic rings. The highest BCUT2D eigenvalue weighted by Crippen LogP contribution is 2.47. The number of aromatic amines is 1. The fourth-order valence-electron chi connectivity index (χ4n) is 4.45. The number of anilines is 1. The van der Waals surface area contributed by atoms with Gasteiger partial charge in [-0.2, -0.15) is 10.4 Å². The van der Waals surface area contributed by atoms with Crippen LogP contribution in [0.15, 0.2) is 59.9 Å². The lowest BCUT2D eigenvalue weighted by atomic mass is 9.99. The molecule has 1 saturated heterocycles. The van der Waals surface area contributed by atoms with Crippen LogP contribution in [0.3, 0.4) is 0 Å². The Labute approximate surface area is 198 Å². The summed E-state index contributed by atoms with van der Waals surface area (Å²) in [5.41, 5.74) is 2.13. The number of aromatic nitrogens is 6. The number of nitrogens with one attached hydrogen (secondary N) is 1. The third-order valence-electron chi connectivity index (χ3n) is 6.17. The van der Waals surface area contributed by atoms with E-state index in [9.17, 15) is 10.1 Å². The Morgan fingerprint density at radius 3 is 2.71 bits per heavy atom. The van der Waals surface area contributed by atoms with E-state index in [-0.39, 0.29) is 5.56 Å². The average Bonchev–Trinajstić information content (AvgIpc) is 3.48. The number of terminal acetylenes is 1. The van der Waals surface area contributed by atoms with Crippen LogP contribution < -0.4 is 10.5 Å². The van der Waals surface area contributed by atoms with Crippen LogP contribution in [0.25, 0.3) is 22.2 Å². The van der Waals surface area contributed by atoms with Gasteiger partial charge in [-0.05, 0) is 18.2 Å². The fourth-order valence-corrected chi connectivity index (χ4v) is 4.89. The molecule has 1 aliphatic heterocycles. The van der Waals surface area contributed by atoms with E-state index in [0.717, 1.165) is 0 Å². The SMILES string of the molecule is C#Cc1ccn2nc(C3(S)CCN3c3ncnc4[nH]cc(C#N)c34)n(-c3ccccc3)c(=O)c12. The van der Waals surface area contributed by atoms with Gasteiger partial charge in [-0.15, -0.1) is 19.1 Å². The lowest BCUT2D eigenvalue weighted by Gasteiger charge is -2.50. The van der Waals surface area contributed by atoms with Crippen LogP contribution in [0.4, 0.5) is 5.82 Å². The number of fused-ring (bicyclic) bond motifs is 2. The van der Waals surface area contributed by atoms with Gasteiger partial charge >= 0.3 is 0 Å². The van der Waals surface area contributed by atoms with Crippen molar-refractivity contribution < 1.29 is 0 Å². The highest BCUT2D eigenvalue weighted by molar-refractivity contribution is 7.81. The Hall–Kier alpha value is -4.54. The van der Waals surface area contributed by atoms with Crippen molar-refractivity contribution in [3.8, 4) is 24.1 Å². The zero-order valence-corrected chi connectivity index (χ0v) is 18.6. The van der Waals surface area contributed by atoms with Crippen molar-refractivity contribution in [2.45, 2.75) is 11.3 Å². The lowest BCUT2D eigenvalue weighted by Crippen LogP contribution is -2.57. The number of thiol groups is 1. The molecule has 0 aliphatic carbocycles. The zero-order valence-electron chi connectivity index (χ0n) is 17.7. The number of nitriles is 1. The van der Waals surface area contributed by atoms with E-state index in [4.69, 9.17) is 24.2 Å². The van der Waals surface area contributed by atoms with Gasteiger partial charge < -0.3 is 9.88 Å². The van der Waals surface area contributed by atoms with Crippen molar-refractivity contribution in [2.24, 2.45) is 0 Å². The van der Waals surface area contributed by atoms with Gasteiger partial charge in [0, 0.05) is 25.4 Å². The number of H-pyrrole nitrogens is 1. The monoisotopic (exact) mass is 464 g/mol. The summed E-state index contributed by atoms with van der Waals surface area (Å²) in [7, 11) is 0. The lowest BCUT2D eigenvalue weighted by molar-refractivity contribution is 0.382. The molecule has 5 heterocycles. The van der Waals surface area contributed by atoms with Crippen LogP contribution in [0, 0.1) is 23.7 Å². The Bertz CT molecular complexity index is 1740. The summed E-state index contributed by atoms with van der Waals surface area (Å²) in [6.07, 6.45) is 11.0. The minimum Gasteiger partial charge on any atom is -0.345 e. The second-order valence-corrected chi connectivity index (χ2v) is 8.66. The number of para-hydroxylation sites is 1. The first-order chi connectivity index (χ1) is 16.6. The first kappa shape index (κ1) is 20.1. The number of hydrogen-bond acceptors (Lipinski definition) is 7. The molecule has 1 atom stereocenters. The van der Waals surface area contributed by atoms with Crippen LogP contribution in [0.2, 0.25) is 0 Å². The summed E-state index contributed by atoms with van der Waals surface area (Å²) in [5.74, 6) is 3.54. The Balaban J connectivity index is 1.63. The second kappa shape index (κ2) is 7.24. The van der Waals surface area contributed by atoms with Crippen LogP contribution in [-0.4, -0.2) is 35.7 Å². The van der Waals surface area contributed by atoms with E-state index in [2.05, 4.69) is 26.9 Å². The van der Waals surface area contributed by atoms with Crippen LogP contribution in [-0.2, 0) is 4.87 Å². The molecule has 1 aromatic carbocycles. The van der Waals surface area contributed by atoms with E-state index in [1.165, 1.54) is 10.8 Å². The van der Waals surface area contributed by atoms with Gasteiger partial charge in [0.2, 0.25) is 0 Å².